The van der Waals surface area contributed by atoms with Crippen molar-refractivity contribution in [2.75, 3.05) is 10.6 Å². The van der Waals surface area contributed by atoms with Crippen LogP contribution in [0.25, 0.3) is 10.8 Å². The van der Waals surface area contributed by atoms with Gasteiger partial charge in [-0.05, 0) is 73.0 Å². The lowest BCUT2D eigenvalue weighted by molar-refractivity contribution is -0.115. The van der Waals surface area contributed by atoms with Gasteiger partial charge in [0.25, 0.3) is 5.91 Å². The first-order valence-corrected chi connectivity index (χ1v) is 13.7. The van der Waals surface area contributed by atoms with E-state index in [0.717, 1.165) is 4.90 Å². The maximum atomic E-state index is 13.0. The van der Waals surface area contributed by atoms with Crippen LogP contribution in [0.2, 0.25) is 0 Å². The first-order chi connectivity index (χ1) is 18.0. The third-order valence-corrected chi connectivity index (χ3v) is 7.67. The molecule has 0 aliphatic rings. The molecule has 5 N–H and O–H groups in total. The number of anilines is 2. The molecule has 0 bridgehead atoms. The minimum absolute atomic E-state index is 0.0483. The Morgan fingerprint density at radius 3 is 1.95 bits per heavy atom. The number of hydrogen-bond acceptors (Lipinski definition) is 6. The molecule has 194 valence electrons. The predicted octanol–water partition coefficient (Wildman–Crippen LogP) is 4.56. The van der Waals surface area contributed by atoms with E-state index in [-0.39, 0.29) is 21.9 Å². The van der Waals surface area contributed by atoms with Crippen LogP contribution in [0.5, 0.6) is 0 Å². The number of primary sulfonamides is 1. The molecule has 0 saturated heterocycles. The summed E-state index contributed by atoms with van der Waals surface area (Å²) >= 11 is 1.30. The van der Waals surface area contributed by atoms with Gasteiger partial charge in [-0.1, -0.05) is 24.3 Å². The fourth-order valence-corrected chi connectivity index (χ4v) is 5.14. The number of benzene rings is 4. The fourth-order valence-electron chi connectivity index (χ4n) is 3.75. The van der Waals surface area contributed by atoms with Crippen LogP contribution in [0.15, 0.2) is 94.7 Å². The van der Waals surface area contributed by atoms with Gasteiger partial charge in [0.2, 0.25) is 15.9 Å². The minimum atomic E-state index is -3.81. The van der Waals surface area contributed by atoms with Crippen LogP contribution in [-0.4, -0.2) is 36.6 Å². The van der Waals surface area contributed by atoms with Crippen molar-refractivity contribution in [2.24, 2.45) is 5.14 Å². The molecule has 0 fully saturated rings. The van der Waals surface area contributed by atoms with Gasteiger partial charge in [0.05, 0.1) is 15.7 Å². The van der Waals surface area contributed by atoms with E-state index in [0.29, 0.717) is 22.1 Å². The van der Waals surface area contributed by atoms with Crippen LogP contribution in [-0.2, 0) is 14.8 Å². The number of thioether (sulfide) groups is 1. The zero-order valence-corrected chi connectivity index (χ0v) is 21.7. The Bertz CT molecular complexity index is 1630. The summed E-state index contributed by atoms with van der Waals surface area (Å²) in [5.41, 5.74) is 1.25. The molecule has 1 unspecified atom stereocenters. The second kappa shape index (κ2) is 11.1. The van der Waals surface area contributed by atoms with Gasteiger partial charge in [-0.2, -0.15) is 0 Å². The Hall–Kier alpha value is -4.19. The van der Waals surface area contributed by atoms with Crippen molar-refractivity contribution in [3.05, 3.63) is 96.1 Å². The van der Waals surface area contributed by atoms with Gasteiger partial charge in [-0.15, -0.1) is 11.8 Å². The number of sulfonamides is 1. The second-order valence-corrected chi connectivity index (χ2v) is 11.3. The normalized spacial score (nSPS) is 12.1. The van der Waals surface area contributed by atoms with Gasteiger partial charge in [0, 0.05) is 27.2 Å². The smallest absolute Gasteiger partial charge is 0.336 e. The van der Waals surface area contributed by atoms with E-state index in [9.17, 15) is 27.9 Å². The summed E-state index contributed by atoms with van der Waals surface area (Å²) in [5, 5.41) is 20.7. The number of carboxylic acid groups (broad SMARTS) is 1. The average Bonchev–Trinajstić information content (AvgIpc) is 2.88. The monoisotopic (exact) mass is 549 g/mol. The van der Waals surface area contributed by atoms with Crippen LogP contribution in [0.4, 0.5) is 11.4 Å². The molecule has 9 nitrogen and oxygen atoms in total. The van der Waals surface area contributed by atoms with Crippen molar-refractivity contribution >= 4 is 61.7 Å². The molecule has 2 amide bonds. The van der Waals surface area contributed by atoms with Gasteiger partial charge in [0.1, 0.15) is 0 Å². The quantitative estimate of drug-likeness (QED) is 0.235. The number of fused-ring (bicyclic) bond motifs is 1. The van der Waals surface area contributed by atoms with E-state index in [1.807, 2.05) is 0 Å². The highest BCUT2D eigenvalue weighted by Gasteiger charge is 2.18. The Morgan fingerprint density at radius 2 is 1.37 bits per heavy atom. The Kier molecular flexibility index (Phi) is 7.81. The van der Waals surface area contributed by atoms with E-state index in [4.69, 9.17) is 5.14 Å². The molecule has 0 spiro atoms. The zero-order chi connectivity index (χ0) is 27.4. The number of aromatic carboxylic acids is 1. The van der Waals surface area contributed by atoms with Crippen molar-refractivity contribution in [1.29, 1.82) is 0 Å². The summed E-state index contributed by atoms with van der Waals surface area (Å²) in [6.07, 6.45) is 0. The highest BCUT2D eigenvalue weighted by molar-refractivity contribution is 8.00. The van der Waals surface area contributed by atoms with E-state index >= 15 is 0 Å². The lowest BCUT2D eigenvalue weighted by Gasteiger charge is -2.13. The first-order valence-electron chi connectivity index (χ1n) is 11.3. The molecule has 0 heterocycles. The summed E-state index contributed by atoms with van der Waals surface area (Å²) in [4.78, 5) is 38.0. The molecule has 1 atom stereocenters. The molecule has 0 radical (unpaired) electrons. The summed E-state index contributed by atoms with van der Waals surface area (Å²) in [6.45, 7) is 1.73. The molecular formula is C27H23N3O6S2. The van der Waals surface area contributed by atoms with Crippen molar-refractivity contribution in [2.45, 2.75) is 22.0 Å². The minimum Gasteiger partial charge on any atom is -0.478 e. The number of carboxylic acids is 1. The van der Waals surface area contributed by atoms with Gasteiger partial charge < -0.3 is 15.7 Å². The molecule has 0 aliphatic carbocycles. The molecule has 4 aromatic carbocycles. The second-order valence-electron chi connectivity index (χ2n) is 8.31. The van der Waals surface area contributed by atoms with E-state index in [1.165, 1.54) is 42.1 Å². The maximum Gasteiger partial charge on any atom is 0.336 e. The van der Waals surface area contributed by atoms with Crippen LogP contribution in [0, 0.1) is 0 Å². The van der Waals surface area contributed by atoms with Gasteiger partial charge in [0.15, 0.2) is 0 Å². The van der Waals surface area contributed by atoms with Crippen molar-refractivity contribution in [1.82, 2.24) is 0 Å². The number of nitrogens with one attached hydrogen (secondary N) is 2. The zero-order valence-electron chi connectivity index (χ0n) is 20.0. The summed E-state index contributed by atoms with van der Waals surface area (Å²) in [6, 6.07) is 22.3. The summed E-state index contributed by atoms with van der Waals surface area (Å²) < 4.78 is 22.7. The van der Waals surface area contributed by atoms with E-state index in [1.54, 1.807) is 61.5 Å². The lowest BCUT2D eigenvalue weighted by Crippen LogP contribution is -2.22. The molecule has 4 rings (SSSR count). The van der Waals surface area contributed by atoms with Gasteiger partial charge >= 0.3 is 5.97 Å². The third-order valence-electron chi connectivity index (χ3n) is 5.62. The Balaban J connectivity index is 1.41. The SMILES string of the molecule is CC(Sc1ccc(NC(=O)c2cccc3cccc(C(=O)O)c23)cc1)C(=O)Nc1ccc(S(N)(=O)=O)cc1. The maximum absolute atomic E-state index is 13.0. The van der Waals surface area contributed by atoms with E-state index < -0.39 is 27.1 Å². The van der Waals surface area contributed by atoms with Crippen molar-refractivity contribution in [3.63, 3.8) is 0 Å². The van der Waals surface area contributed by atoms with Gasteiger partial charge in [-0.3, -0.25) is 9.59 Å². The van der Waals surface area contributed by atoms with Crippen LogP contribution >= 0.6 is 11.8 Å². The summed E-state index contributed by atoms with van der Waals surface area (Å²) in [5.74, 6) is -1.83. The largest absolute Gasteiger partial charge is 0.478 e. The lowest BCUT2D eigenvalue weighted by atomic mass is 9.98. The number of carbonyl (C=O) groups excluding carboxylic acids is 2. The average molecular weight is 550 g/mol. The number of rotatable bonds is 8. The van der Waals surface area contributed by atoms with Crippen LogP contribution in [0.1, 0.15) is 27.6 Å². The first kappa shape index (κ1) is 26.9. The Morgan fingerprint density at radius 1 is 0.816 bits per heavy atom. The topological polar surface area (TPSA) is 156 Å². The standard InChI is InChI=1S/C27H23N3O6S2/c1-16(25(31)29-19-10-14-21(15-11-19)38(28,35)36)37-20-12-8-18(9-13-20)30-26(32)22-6-2-4-17-5-3-7-23(24(17)22)27(33)34/h2-16H,1H3,(H,29,31)(H,30,32)(H,33,34)(H2,28,35,36). The summed E-state index contributed by atoms with van der Waals surface area (Å²) in [7, 11) is -3.81. The molecule has 0 saturated carbocycles. The van der Waals surface area contributed by atoms with E-state index in [2.05, 4.69) is 10.6 Å². The van der Waals surface area contributed by atoms with Crippen LogP contribution in [0.3, 0.4) is 0 Å². The Labute approximate surface area is 223 Å². The molecule has 38 heavy (non-hydrogen) atoms. The molecule has 11 heteroatoms. The molecule has 4 aromatic rings. The highest BCUT2D eigenvalue weighted by Crippen LogP contribution is 2.27. The highest BCUT2D eigenvalue weighted by atomic mass is 32.2. The number of hydrogen-bond donors (Lipinski definition) is 4. The van der Waals surface area contributed by atoms with Crippen molar-refractivity contribution < 1.29 is 27.9 Å². The number of nitrogens with two attached hydrogens (primary N) is 1. The molecular weight excluding hydrogens is 526 g/mol. The van der Waals surface area contributed by atoms with Gasteiger partial charge in [-0.25, -0.2) is 18.4 Å². The fraction of sp³-hybridized carbons (Fsp3) is 0.0741. The number of carbonyl (C=O) groups is 3. The van der Waals surface area contributed by atoms with Crippen LogP contribution < -0.4 is 15.8 Å². The third kappa shape index (κ3) is 6.20. The molecule has 0 aromatic heterocycles. The number of amides is 2. The predicted molar refractivity (Wildman–Crippen MR) is 147 cm³/mol. The molecule has 0 aliphatic heterocycles. The van der Waals surface area contributed by atoms with Crippen molar-refractivity contribution in [3.8, 4) is 0 Å².